The van der Waals surface area contributed by atoms with E-state index in [-0.39, 0.29) is 12.2 Å². The Kier molecular flexibility index (Phi) is 5.11. The third-order valence-corrected chi connectivity index (χ3v) is 5.28. The van der Waals surface area contributed by atoms with Gasteiger partial charge in [-0.3, -0.25) is 10.1 Å². The highest BCUT2D eigenvalue weighted by Gasteiger charge is 2.45. The van der Waals surface area contributed by atoms with E-state index in [1.807, 2.05) is 0 Å². The van der Waals surface area contributed by atoms with E-state index in [2.05, 4.69) is 44.8 Å². The van der Waals surface area contributed by atoms with Gasteiger partial charge in [0.25, 0.3) is 0 Å². The second-order valence-electron chi connectivity index (χ2n) is 7.32. The summed E-state index contributed by atoms with van der Waals surface area (Å²) in [5.74, 6) is 2.07. The van der Waals surface area contributed by atoms with E-state index < -0.39 is 0 Å². The van der Waals surface area contributed by atoms with E-state index in [0.29, 0.717) is 29.7 Å². The molecular formula is C17H32N2O. The summed E-state index contributed by atoms with van der Waals surface area (Å²) in [6, 6.07) is 0.479. The highest BCUT2D eigenvalue weighted by Crippen LogP contribution is 2.36. The highest BCUT2D eigenvalue weighted by atomic mass is 16.2. The van der Waals surface area contributed by atoms with Crippen molar-refractivity contribution >= 4 is 5.91 Å². The van der Waals surface area contributed by atoms with Crippen LogP contribution in [0.5, 0.6) is 0 Å². The lowest BCUT2D eigenvalue weighted by atomic mass is 9.77. The monoisotopic (exact) mass is 280 g/mol. The van der Waals surface area contributed by atoms with E-state index in [9.17, 15) is 4.79 Å². The van der Waals surface area contributed by atoms with E-state index in [1.54, 1.807) is 0 Å². The molecule has 2 rings (SSSR count). The number of nitrogens with zero attached hydrogens (tertiary/aromatic N) is 1. The average Bonchev–Trinajstić information content (AvgIpc) is 2.75. The lowest BCUT2D eigenvalue weighted by Crippen LogP contribution is -2.50. The normalized spacial score (nSPS) is 35.4. The largest absolute Gasteiger partial charge is 0.323 e. The zero-order valence-corrected chi connectivity index (χ0v) is 13.9. The van der Waals surface area contributed by atoms with Crippen LogP contribution in [0.2, 0.25) is 0 Å². The molecule has 1 N–H and O–H groups in total. The predicted molar refractivity (Wildman–Crippen MR) is 83.3 cm³/mol. The molecule has 2 fully saturated rings. The fraction of sp³-hybridized carbons (Fsp3) is 0.941. The molecule has 4 unspecified atom stereocenters. The zero-order chi connectivity index (χ0) is 14.9. The smallest absolute Gasteiger partial charge is 0.241 e. The molecule has 4 atom stereocenters. The minimum atomic E-state index is 0.0229. The van der Waals surface area contributed by atoms with Crippen LogP contribution in [0.15, 0.2) is 0 Å². The van der Waals surface area contributed by atoms with Gasteiger partial charge in [0.1, 0.15) is 0 Å². The quantitative estimate of drug-likeness (QED) is 0.856. The lowest BCUT2D eigenvalue weighted by Gasteiger charge is -2.42. The molecule has 3 nitrogen and oxygen atoms in total. The molecule has 1 amide bonds. The zero-order valence-electron chi connectivity index (χ0n) is 13.9. The van der Waals surface area contributed by atoms with Gasteiger partial charge in [0, 0.05) is 6.04 Å². The number of carbonyl (C=O) groups excluding carboxylic acids is 1. The Labute approximate surface area is 124 Å². The van der Waals surface area contributed by atoms with Gasteiger partial charge in [-0.1, -0.05) is 47.5 Å². The average molecular weight is 280 g/mol. The fourth-order valence-electron chi connectivity index (χ4n) is 4.12. The highest BCUT2D eigenvalue weighted by molar-refractivity contribution is 5.85. The fourth-order valence-corrected chi connectivity index (χ4v) is 4.12. The summed E-state index contributed by atoms with van der Waals surface area (Å²) in [6.07, 6.45) is 6.35. The summed E-state index contributed by atoms with van der Waals surface area (Å²) >= 11 is 0. The van der Waals surface area contributed by atoms with Crippen molar-refractivity contribution < 1.29 is 4.79 Å². The van der Waals surface area contributed by atoms with Crippen LogP contribution in [0.25, 0.3) is 0 Å². The van der Waals surface area contributed by atoms with Crippen molar-refractivity contribution in [1.82, 2.24) is 10.2 Å². The van der Waals surface area contributed by atoms with Crippen LogP contribution in [0, 0.1) is 17.8 Å². The summed E-state index contributed by atoms with van der Waals surface area (Å²) in [7, 11) is 0. The summed E-state index contributed by atoms with van der Waals surface area (Å²) in [6.45, 7) is 11.1. The van der Waals surface area contributed by atoms with Gasteiger partial charge in [-0.25, -0.2) is 0 Å². The van der Waals surface area contributed by atoms with Gasteiger partial charge in [-0.05, 0) is 37.0 Å². The van der Waals surface area contributed by atoms with Crippen molar-refractivity contribution in [3.63, 3.8) is 0 Å². The maximum Gasteiger partial charge on any atom is 0.241 e. The predicted octanol–water partition coefficient (Wildman–Crippen LogP) is 3.39. The molecule has 116 valence electrons. The van der Waals surface area contributed by atoms with Gasteiger partial charge in [-0.2, -0.15) is 0 Å². The summed E-state index contributed by atoms with van der Waals surface area (Å²) in [4.78, 5) is 15.1. The third-order valence-electron chi connectivity index (χ3n) is 5.28. The van der Waals surface area contributed by atoms with Crippen molar-refractivity contribution in [3.05, 3.63) is 0 Å². The van der Waals surface area contributed by atoms with Crippen molar-refractivity contribution in [3.8, 4) is 0 Å². The van der Waals surface area contributed by atoms with Gasteiger partial charge < -0.3 is 4.90 Å². The first-order valence-corrected chi connectivity index (χ1v) is 8.55. The molecule has 1 aliphatic carbocycles. The number of hydrogen-bond donors (Lipinski definition) is 1. The summed E-state index contributed by atoms with van der Waals surface area (Å²) in [5.41, 5.74) is 0. The first-order chi connectivity index (χ1) is 9.47. The van der Waals surface area contributed by atoms with Crippen LogP contribution in [0.4, 0.5) is 0 Å². The second-order valence-corrected chi connectivity index (χ2v) is 7.32. The van der Waals surface area contributed by atoms with Crippen LogP contribution < -0.4 is 5.32 Å². The Hall–Kier alpha value is -0.570. The third kappa shape index (κ3) is 2.88. The number of nitrogens with one attached hydrogen (secondary N) is 1. The Morgan fingerprint density at radius 2 is 1.80 bits per heavy atom. The minimum Gasteiger partial charge on any atom is -0.323 e. The van der Waals surface area contributed by atoms with E-state index in [1.165, 1.54) is 25.7 Å². The van der Waals surface area contributed by atoms with Crippen LogP contribution in [0.3, 0.4) is 0 Å². The number of carbonyl (C=O) groups is 1. The molecule has 1 saturated heterocycles. The number of rotatable bonds is 4. The van der Waals surface area contributed by atoms with Crippen molar-refractivity contribution in [1.29, 1.82) is 0 Å². The Morgan fingerprint density at radius 3 is 2.35 bits per heavy atom. The summed E-state index contributed by atoms with van der Waals surface area (Å²) < 4.78 is 0. The van der Waals surface area contributed by atoms with Crippen LogP contribution in [-0.2, 0) is 4.79 Å². The summed E-state index contributed by atoms with van der Waals surface area (Å²) in [5, 5.41) is 3.57. The molecule has 0 bridgehead atoms. The van der Waals surface area contributed by atoms with Crippen molar-refractivity contribution in [2.75, 3.05) is 0 Å². The molecule has 1 aliphatic heterocycles. The van der Waals surface area contributed by atoms with E-state index in [0.717, 1.165) is 6.42 Å². The molecule has 0 radical (unpaired) electrons. The molecular weight excluding hydrogens is 248 g/mol. The molecule has 3 heteroatoms. The topological polar surface area (TPSA) is 32.3 Å². The molecule has 1 heterocycles. The molecule has 0 aromatic rings. The van der Waals surface area contributed by atoms with Crippen LogP contribution >= 0.6 is 0 Å². The lowest BCUT2D eigenvalue weighted by molar-refractivity contribution is -0.135. The maximum atomic E-state index is 12.8. The van der Waals surface area contributed by atoms with Gasteiger partial charge in [0.05, 0.1) is 12.2 Å². The molecule has 2 aliphatic rings. The molecule has 0 aromatic carbocycles. The first kappa shape index (κ1) is 15.8. The second kappa shape index (κ2) is 6.46. The molecule has 0 aromatic heterocycles. The number of amides is 1. The van der Waals surface area contributed by atoms with Crippen molar-refractivity contribution in [2.45, 2.75) is 85.0 Å². The van der Waals surface area contributed by atoms with Gasteiger partial charge >= 0.3 is 0 Å². The van der Waals surface area contributed by atoms with Gasteiger partial charge in [-0.15, -0.1) is 0 Å². The van der Waals surface area contributed by atoms with Crippen LogP contribution in [-0.4, -0.2) is 29.1 Å². The molecule has 1 saturated carbocycles. The van der Waals surface area contributed by atoms with Gasteiger partial charge in [0.2, 0.25) is 5.91 Å². The van der Waals surface area contributed by atoms with Gasteiger partial charge in [0.15, 0.2) is 0 Å². The Balaban J connectivity index is 2.21. The standard InChI is InChI=1S/C17H32N2O/c1-6-15-18-16(12(4)5)17(20)19(15)14-10-8-7-9-13(14)11(2)3/h11-16,18H,6-10H2,1-5H3. The Bertz CT molecular complexity index is 340. The first-order valence-electron chi connectivity index (χ1n) is 8.55. The molecule has 0 spiro atoms. The molecule has 20 heavy (non-hydrogen) atoms. The number of hydrogen-bond acceptors (Lipinski definition) is 2. The van der Waals surface area contributed by atoms with E-state index >= 15 is 0 Å². The van der Waals surface area contributed by atoms with Crippen molar-refractivity contribution in [2.24, 2.45) is 17.8 Å². The van der Waals surface area contributed by atoms with E-state index in [4.69, 9.17) is 0 Å². The maximum absolute atomic E-state index is 12.8. The Morgan fingerprint density at radius 1 is 1.15 bits per heavy atom. The minimum absolute atomic E-state index is 0.0229. The SMILES string of the molecule is CCC1NC(C(C)C)C(=O)N1C1CCCCC1C(C)C. The van der Waals surface area contributed by atoms with Crippen LogP contribution in [0.1, 0.15) is 66.7 Å².